The Labute approximate surface area is 108 Å². The summed E-state index contributed by atoms with van der Waals surface area (Å²) >= 11 is 0. The maximum atomic E-state index is 12.1. The Balaban J connectivity index is 2.28. The van der Waals surface area contributed by atoms with Crippen LogP contribution >= 0.6 is 0 Å². The number of aryl methyl sites for hydroxylation is 2. The molecule has 0 aliphatic heterocycles. The molecule has 0 saturated carbocycles. The molecule has 0 amide bonds. The summed E-state index contributed by atoms with van der Waals surface area (Å²) in [4.78, 5) is 0.295. The molecule has 5 heteroatoms. The molecule has 0 spiro atoms. The van der Waals surface area contributed by atoms with Crippen molar-refractivity contribution in [2.75, 3.05) is 6.61 Å². The summed E-state index contributed by atoms with van der Waals surface area (Å²) in [6.07, 6.45) is 4.29. The molecule has 100 valence electrons. The fraction of sp³-hybridized carbons (Fsp3) is 0.538. The topological polar surface area (TPSA) is 66.4 Å². The molecule has 1 unspecified atom stereocenters. The molecule has 0 saturated heterocycles. The monoisotopic (exact) mass is 269 g/mol. The Morgan fingerprint density at radius 1 is 1.28 bits per heavy atom. The lowest BCUT2D eigenvalue weighted by atomic mass is 9.92. The van der Waals surface area contributed by atoms with E-state index in [1.807, 2.05) is 6.07 Å². The van der Waals surface area contributed by atoms with Crippen LogP contribution in [-0.2, 0) is 22.9 Å². The molecule has 1 atom stereocenters. The van der Waals surface area contributed by atoms with Gasteiger partial charge in [-0.25, -0.2) is 13.1 Å². The van der Waals surface area contributed by atoms with E-state index in [1.165, 1.54) is 12.0 Å². The summed E-state index contributed by atoms with van der Waals surface area (Å²) in [7, 11) is -3.52. The number of hydrogen-bond acceptors (Lipinski definition) is 3. The van der Waals surface area contributed by atoms with E-state index in [9.17, 15) is 8.42 Å². The van der Waals surface area contributed by atoms with E-state index in [2.05, 4.69) is 4.72 Å². The second-order valence-electron chi connectivity index (χ2n) is 4.84. The van der Waals surface area contributed by atoms with Gasteiger partial charge < -0.3 is 5.11 Å². The molecule has 1 aliphatic carbocycles. The first kappa shape index (κ1) is 13.5. The van der Waals surface area contributed by atoms with Crippen LogP contribution in [0, 0.1) is 0 Å². The van der Waals surface area contributed by atoms with Crippen molar-refractivity contribution in [3.8, 4) is 0 Å². The van der Waals surface area contributed by atoms with Crippen LogP contribution in [0.2, 0.25) is 0 Å². The van der Waals surface area contributed by atoms with Crippen LogP contribution in [0.15, 0.2) is 23.1 Å². The lowest BCUT2D eigenvalue weighted by Gasteiger charge is -2.17. The Bertz CT molecular complexity index is 525. The van der Waals surface area contributed by atoms with Crippen LogP contribution in [0.1, 0.15) is 30.9 Å². The Morgan fingerprint density at radius 2 is 1.94 bits per heavy atom. The largest absolute Gasteiger partial charge is 0.395 e. The van der Waals surface area contributed by atoms with Gasteiger partial charge >= 0.3 is 0 Å². The van der Waals surface area contributed by atoms with Crippen molar-refractivity contribution < 1.29 is 13.5 Å². The van der Waals surface area contributed by atoms with Crippen LogP contribution < -0.4 is 4.72 Å². The predicted octanol–water partition coefficient (Wildman–Crippen LogP) is 1.22. The highest BCUT2D eigenvalue weighted by molar-refractivity contribution is 7.89. The number of aliphatic hydroxyl groups is 1. The van der Waals surface area contributed by atoms with Crippen molar-refractivity contribution >= 4 is 10.0 Å². The van der Waals surface area contributed by atoms with Gasteiger partial charge in [0, 0.05) is 6.04 Å². The number of hydrogen-bond donors (Lipinski definition) is 2. The highest BCUT2D eigenvalue weighted by Gasteiger charge is 2.19. The number of fused-ring (bicyclic) bond motifs is 1. The third-order valence-electron chi connectivity index (χ3n) is 3.26. The minimum absolute atomic E-state index is 0.204. The lowest BCUT2D eigenvalue weighted by Crippen LogP contribution is -2.35. The van der Waals surface area contributed by atoms with E-state index in [0.717, 1.165) is 24.8 Å². The normalized spacial score (nSPS) is 17.2. The zero-order valence-corrected chi connectivity index (χ0v) is 11.3. The fourth-order valence-corrected chi connectivity index (χ4v) is 3.53. The van der Waals surface area contributed by atoms with Crippen molar-refractivity contribution in [2.45, 2.75) is 43.5 Å². The molecular formula is C13H19NO3S. The number of rotatable bonds is 4. The third-order valence-corrected chi connectivity index (χ3v) is 4.85. The Hall–Kier alpha value is -0.910. The first-order valence-corrected chi connectivity index (χ1v) is 7.76. The highest BCUT2D eigenvalue weighted by atomic mass is 32.2. The smallest absolute Gasteiger partial charge is 0.240 e. The highest BCUT2D eigenvalue weighted by Crippen LogP contribution is 2.24. The summed E-state index contributed by atoms with van der Waals surface area (Å²) in [5, 5.41) is 8.91. The van der Waals surface area contributed by atoms with Gasteiger partial charge in [-0.3, -0.25) is 0 Å². The van der Waals surface area contributed by atoms with Crippen molar-refractivity contribution in [3.05, 3.63) is 29.3 Å². The summed E-state index contributed by atoms with van der Waals surface area (Å²) in [6.45, 7) is 1.43. The summed E-state index contributed by atoms with van der Waals surface area (Å²) in [6, 6.07) is 4.86. The molecular weight excluding hydrogens is 250 g/mol. The minimum Gasteiger partial charge on any atom is -0.395 e. The van der Waals surface area contributed by atoms with Crippen LogP contribution in [0.4, 0.5) is 0 Å². The number of nitrogens with one attached hydrogen (secondary N) is 1. The Kier molecular flexibility index (Phi) is 4.04. The molecule has 0 fully saturated rings. The summed E-state index contributed by atoms with van der Waals surface area (Å²) < 4.78 is 26.6. The van der Waals surface area contributed by atoms with Crippen molar-refractivity contribution in [1.82, 2.24) is 4.72 Å². The van der Waals surface area contributed by atoms with E-state index >= 15 is 0 Å². The molecule has 4 nitrogen and oxygen atoms in total. The predicted molar refractivity (Wildman–Crippen MR) is 70.0 cm³/mol. The van der Waals surface area contributed by atoms with Gasteiger partial charge in [0.15, 0.2) is 0 Å². The molecule has 18 heavy (non-hydrogen) atoms. The van der Waals surface area contributed by atoms with Gasteiger partial charge in [0.1, 0.15) is 0 Å². The minimum atomic E-state index is -3.52. The SMILES string of the molecule is CC(CO)NS(=O)(=O)c1ccc2c(c1)CCCC2. The lowest BCUT2D eigenvalue weighted by molar-refractivity contribution is 0.265. The van der Waals surface area contributed by atoms with Gasteiger partial charge in [-0.1, -0.05) is 6.07 Å². The molecule has 0 heterocycles. The Morgan fingerprint density at radius 3 is 2.61 bits per heavy atom. The van der Waals surface area contributed by atoms with Gasteiger partial charge in [0.2, 0.25) is 10.0 Å². The number of sulfonamides is 1. The van der Waals surface area contributed by atoms with Gasteiger partial charge in [0.25, 0.3) is 0 Å². The fourth-order valence-electron chi connectivity index (χ4n) is 2.25. The van der Waals surface area contributed by atoms with Gasteiger partial charge in [-0.05, 0) is 55.9 Å². The zero-order chi connectivity index (χ0) is 13.2. The standard InChI is InChI=1S/C13H19NO3S/c1-10(9-15)14-18(16,17)13-7-6-11-4-2-3-5-12(11)8-13/h6-8,10,14-15H,2-5,9H2,1H3. The van der Waals surface area contributed by atoms with E-state index in [0.29, 0.717) is 4.90 Å². The second-order valence-corrected chi connectivity index (χ2v) is 6.56. The quantitative estimate of drug-likeness (QED) is 0.864. The average molecular weight is 269 g/mol. The molecule has 0 aromatic heterocycles. The van der Waals surface area contributed by atoms with Crippen molar-refractivity contribution in [3.63, 3.8) is 0 Å². The zero-order valence-electron chi connectivity index (χ0n) is 10.5. The van der Waals surface area contributed by atoms with Gasteiger partial charge in [-0.15, -0.1) is 0 Å². The van der Waals surface area contributed by atoms with Gasteiger partial charge in [0.05, 0.1) is 11.5 Å². The van der Waals surface area contributed by atoms with Crippen LogP contribution in [-0.4, -0.2) is 26.2 Å². The summed E-state index contributed by atoms with van der Waals surface area (Å²) in [5.41, 5.74) is 2.40. The van der Waals surface area contributed by atoms with Crippen molar-refractivity contribution in [1.29, 1.82) is 0 Å². The molecule has 2 rings (SSSR count). The third kappa shape index (κ3) is 2.91. The molecule has 1 aliphatic rings. The van der Waals surface area contributed by atoms with Crippen LogP contribution in [0.5, 0.6) is 0 Å². The summed E-state index contributed by atoms with van der Waals surface area (Å²) in [5.74, 6) is 0. The first-order chi connectivity index (χ1) is 8.53. The van der Waals surface area contributed by atoms with Crippen LogP contribution in [0.3, 0.4) is 0 Å². The molecule has 0 bridgehead atoms. The molecule has 1 aromatic rings. The van der Waals surface area contributed by atoms with Crippen molar-refractivity contribution in [2.24, 2.45) is 0 Å². The van der Waals surface area contributed by atoms with Gasteiger partial charge in [-0.2, -0.15) is 0 Å². The van der Waals surface area contributed by atoms with Crippen LogP contribution in [0.25, 0.3) is 0 Å². The number of benzene rings is 1. The maximum absolute atomic E-state index is 12.1. The first-order valence-electron chi connectivity index (χ1n) is 6.28. The molecule has 1 aromatic carbocycles. The maximum Gasteiger partial charge on any atom is 0.240 e. The number of aliphatic hydroxyl groups excluding tert-OH is 1. The van der Waals surface area contributed by atoms with E-state index in [1.54, 1.807) is 19.1 Å². The molecule has 2 N–H and O–H groups in total. The van der Waals surface area contributed by atoms with E-state index in [-0.39, 0.29) is 6.61 Å². The molecule has 0 radical (unpaired) electrons. The second kappa shape index (κ2) is 5.38. The van der Waals surface area contributed by atoms with E-state index in [4.69, 9.17) is 5.11 Å². The van der Waals surface area contributed by atoms with E-state index < -0.39 is 16.1 Å². The average Bonchev–Trinajstić information content (AvgIpc) is 2.37.